The number of aromatic amines is 1. The minimum absolute atomic E-state index is 0.559. The first-order chi connectivity index (χ1) is 11.3. The fraction of sp³-hybridized carbons (Fsp3) is 0. The second-order valence-electron chi connectivity index (χ2n) is 4.87. The number of anilines is 2. The standard InChI is InChI=1S/C16H11ClN6/c17-11-3-1-2-10(8-11)14-22-15-13(19-9-20-15)16(23-14)21-12-4-6-18-7-5-12/h1-9H,(H2,18,19,20,21,22,23). The van der Waals surface area contributed by atoms with Crippen molar-refractivity contribution in [3.8, 4) is 11.4 Å². The van der Waals surface area contributed by atoms with Gasteiger partial charge >= 0.3 is 0 Å². The van der Waals surface area contributed by atoms with Crippen LogP contribution in [0.25, 0.3) is 22.6 Å². The maximum Gasteiger partial charge on any atom is 0.183 e. The number of hydrogen-bond donors (Lipinski definition) is 2. The number of H-pyrrole nitrogens is 1. The van der Waals surface area contributed by atoms with E-state index < -0.39 is 0 Å². The maximum atomic E-state index is 6.06. The summed E-state index contributed by atoms with van der Waals surface area (Å²) in [6.07, 6.45) is 5.02. The van der Waals surface area contributed by atoms with E-state index in [1.165, 1.54) is 0 Å². The van der Waals surface area contributed by atoms with Crippen molar-refractivity contribution in [2.24, 2.45) is 0 Å². The summed E-state index contributed by atoms with van der Waals surface area (Å²) in [6.45, 7) is 0. The summed E-state index contributed by atoms with van der Waals surface area (Å²) in [5.41, 5.74) is 3.05. The van der Waals surface area contributed by atoms with Crippen molar-refractivity contribution in [2.75, 3.05) is 5.32 Å². The van der Waals surface area contributed by atoms with Gasteiger partial charge in [0.1, 0.15) is 5.52 Å². The lowest BCUT2D eigenvalue weighted by Gasteiger charge is -2.08. The van der Waals surface area contributed by atoms with Crippen LogP contribution >= 0.6 is 11.6 Å². The lowest BCUT2D eigenvalue weighted by Crippen LogP contribution is -1.99. The van der Waals surface area contributed by atoms with E-state index in [1.54, 1.807) is 18.7 Å². The molecule has 0 fully saturated rings. The molecule has 0 saturated carbocycles. The Morgan fingerprint density at radius 1 is 1.04 bits per heavy atom. The normalized spacial score (nSPS) is 10.8. The Morgan fingerprint density at radius 2 is 1.91 bits per heavy atom. The topological polar surface area (TPSA) is 79.4 Å². The summed E-state index contributed by atoms with van der Waals surface area (Å²) in [5.74, 6) is 1.21. The van der Waals surface area contributed by atoms with Crippen LogP contribution < -0.4 is 5.32 Å². The molecule has 4 aromatic rings. The van der Waals surface area contributed by atoms with Crippen molar-refractivity contribution in [1.82, 2.24) is 24.9 Å². The molecule has 0 saturated heterocycles. The van der Waals surface area contributed by atoms with Crippen molar-refractivity contribution in [1.29, 1.82) is 0 Å². The average Bonchev–Trinajstić information content (AvgIpc) is 3.05. The molecule has 4 rings (SSSR count). The molecule has 2 N–H and O–H groups in total. The number of pyridine rings is 1. The number of hydrogen-bond acceptors (Lipinski definition) is 5. The summed E-state index contributed by atoms with van der Waals surface area (Å²) < 4.78 is 0. The molecule has 0 bridgehead atoms. The molecule has 0 unspecified atom stereocenters. The van der Waals surface area contributed by atoms with Gasteiger partial charge in [0, 0.05) is 28.7 Å². The van der Waals surface area contributed by atoms with Gasteiger partial charge in [0.05, 0.1) is 6.33 Å². The molecule has 1 aromatic carbocycles. The predicted octanol–water partition coefficient (Wildman–Crippen LogP) is 3.81. The number of aromatic nitrogens is 5. The van der Waals surface area contributed by atoms with Crippen molar-refractivity contribution in [2.45, 2.75) is 0 Å². The Labute approximate surface area is 136 Å². The fourth-order valence-electron chi connectivity index (χ4n) is 2.25. The van der Waals surface area contributed by atoms with Crippen LogP contribution in [0.15, 0.2) is 55.1 Å². The number of halogens is 1. The first-order valence-electron chi connectivity index (χ1n) is 6.94. The van der Waals surface area contributed by atoms with E-state index in [0.29, 0.717) is 22.3 Å². The Hall–Kier alpha value is -2.99. The highest BCUT2D eigenvalue weighted by molar-refractivity contribution is 6.30. The van der Waals surface area contributed by atoms with Gasteiger partial charge in [-0.2, -0.15) is 0 Å². The monoisotopic (exact) mass is 322 g/mol. The van der Waals surface area contributed by atoms with E-state index in [1.807, 2.05) is 36.4 Å². The average molecular weight is 323 g/mol. The van der Waals surface area contributed by atoms with Crippen LogP contribution in [0.5, 0.6) is 0 Å². The third-order valence-electron chi connectivity index (χ3n) is 3.31. The number of imidazole rings is 1. The van der Waals surface area contributed by atoms with Crippen LogP contribution in [0, 0.1) is 0 Å². The summed E-state index contributed by atoms with van der Waals surface area (Å²) in [7, 11) is 0. The first kappa shape index (κ1) is 13.7. The minimum Gasteiger partial charge on any atom is -0.340 e. The number of nitrogens with one attached hydrogen (secondary N) is 2. The quantitative estimate of drug-likeness (QED) is 0.599. The van der Waals surface area contributed by atoms with Crippen molar-refractivity contribution < 1.29 is 0 Å². The highest BCUT2D eigenvalue weighted by Gasteiger charge is 2.12. The molecule has 112 valence electrons. The zero-order chi connectivity index (χ0) is 15.6. The molecule has 3 heterocycles. The van der Waals surface area contributed by atoms with Gasteiger partial charge in [-0.3, -0.25) is 4.98 Å². The van der Waals surface area contributed by atoms with E-state index in [9.17, 15) is 0 Å². The second kappa shape index (κ2) is 5.66. The lowest BCUT2D eigenvalue weighted by molar-refractivity contribution is 1.20. The van der Waals surface area contributed by atoms with Crippen LogP contribution in [0.2, 0.25) is 5.02 Å². The van der Waals surface area contributed by atoms with Crippen LogP contribution in [0.4, 0.5) is 11.5 Å². The smallest absolute Gasteiger partial charge is 0.183 e. The summed E-state index contributed by atoms with van der Waals surface area (Å²) >= 11 is 6.06. The van der Waals surface area contributed by atoms with E-state index in [2.05, 4.69) is 30.2 Å². The molecular formula is C16H11ClN6. The predicted molar refractivity (Wildman–Crippen MR) is 89.6 cm³/mol. The van der Waals surface area contributed by atoms with E-state index in [0.717, 1.165) is 16.8 Å². The Kier molecular flexibility index (Phi) is 3.36. The second-order valence-corrected chi connectivity index (χ2v) is 5.30. The molecule has 0 aliphatic heterocycles. The minimum atomic E-state index is 0.559. The molecular weight excluding hydrogens is 312 g/mol. The van der Waals surface area contributed by atoms with Gasteiger partial charge in [0.25, 0.3) is 0 Å². The molecule has 6 nitrogen and oxygen atoms in total. The lowest BCUT2D eigenvalue weighted by atomic mass is 10.2. The largest absolute Gasteiger partial charge is 0.340 e. The number of benzene rings is 1. The molecule has 0 aliphatic carbocycles. The zero-order valence-electron chi connectivity index (χ0n) is 11.9. The highest BCUT2D eigenvalue weighted by atomic mass is 35.5. The third kappa shape index (κ3) is 2.72. The molecule has 0 amide bonds. The summed E-state index contributed by atoms with van der Waals surface area (Å²) in [4.78, 5) is 20.4. The molecule has 0 aliphatic rings. The molecule has 7 heteroatoms. The van der Waals surface area contributed by atoms with Crippen molar-refractivity contribution in [3.63, 3.8) is 0 Å². The highest BCUT2D eigenvalue weighted by Crippen LogP contribution is 2.26. The Bertz CT molecular complexity index is 967. The fourth-order valence-corrected chi connectivity index (χ4v) is 2.44. The number of fused-ring (bicyclic) bond motifs is 1. The van der Waals surface area contributed by atoms with Crippen LogP contribution in [0.1, 0.15) is 0 Å². The van der Waals surface area contributed by atoms with Gasteiger partial charge in [-0.1, -0.05) is 23.7 Å². The van der Waals surface area contributed by atoms with Crippen LogP contribution in [-0.4, -0.2) is 24.9 Å². The van der Waals surface area contributed by atoms with Gasteiger partial charge in [-0.05, 0) is 24.3 Å². The van der Waals surface area contributed by atoms with Gasteiger partial charge in [-0.15, -0.1) is 0 Å². The number of rotatable bonds is 3. The van der Waals surface area contributed by atoms with Crippen LogP contribution in [-0.2, 0) is 0 Å². The van der Waals surface area contributed by atoms with Crippen molar-refractivity contribution in [3.05, 3.63) is 60.1 Å². The third-order valence-corrected chi connectivity index (χ3v) is 3.55. The summed E-state index contributed by atoms with van der Waals surface area (Å²) in [6, 6.07) is 11.1. The summed E-state index contributed by atoms with van der Waals surface area (Å²) in [5, 5.41) is 3.90. The Balaban J connectivity index is 1.84. The maximum absolute atomic E-state index is 6.06. The van der Waals surface area contributed by atoms with Crippen LogP contribution in [0.3, 0.4) is 0 Å². The Morgan fingerprint density at radius 3 is 2.74 bits per heavy atom. The molecule has 23 heavy (non-hydrogen) atoms. The van der Waals surface area contributed by atoms with E-state index in [-0.39, 0.29) is 0 Å². The van der Waals surface area contributed by atoms with E-state index in [4.69, 9.17) is 11.6 Å². The van der Waals surface area contributed by atoms with E-state index >= 15 is 0 Å². The van der Waals surface area contributed by atoms with Crippen molar-refractivity contribution >= 4 is 34.3 Å². The first-order valence-corrected chi connectivity index (χ1v) is 7.31. The molecule has 0 radical (unpaired) electrons. The van der Waals surface area contributed by atoms with Gasteiger partial charge in [0.2, 0.25) is 0 Å². The number of nitrogens with zero attached hydrogens (tertiary/aromatic N) is 4. The van der Waals surface area contributed by atoms with Gasteiger partial charge < -0.3 is 10.3 Å². The van der Waals surface area contributed by atoms with Gasteiger partial charge in [-0.25, -0.2) is 15.0 Å². The molecule has 0 atom stereocenters. The zero-order valence-corrected chi connectivity index (χ0v) is 12.6. The van der Waals surface area contributed by atoms with Gasteiger partial charge in [0.15, 0.2) is 17.3 Å². The SMILES string of the molecule is Clc1cccc(-c2nc(Nc3ccncc3)c3[nH]cnc3n2)c1. The molecule has 0 spiro atoms. The molecule has 3 aromatic heterocycles.